The van der Waals surface area contributed by atoms with Crippen molar-refractivity contribution in [1.82, 2.24) is 0 Å². The molecule has 1 heterocycles. The van der Waals surface area contributed by atoms with E-state index in [4.69, 9.17) is 23.7 Å². The predicted molar refractivity (Wildman–Crippen MR) is 156 cm³/mol. The number of hydrogen-bond donors (Lipinski definition) is 3. The lowest BCUT2D eigenvalue weighted by atomic mass is 9.72. The summed E-state index contributed by atoms with van der Waals surface area (Å²) in [6, 6.07) is 4.37. The molecule has 0 spiro atoms. The number of Topliss-reactive ketones (excluding diaryl/α,β-unsaturated/α-hetero) is 1. The van der Waals surface area contributed by atoms with Crippen LogP contribution < -0.4 is 4.74 Å². The van der Waals surface area contributed by atoms with E-state index in [1.54, 1.807) is 6.92 Å². The molecule has 3 aliphatic rings. The maximum atomic E-state index is 13.8. The normalized spacial score (nSPS) is 27.1. The number of aliphatic hydroxyl groups is 1. The lowest BCUT2D eigenvalue weighted by Gasteiger charge is -2.43. The molecule has 45 heavy (non-hydrogen) atoms. The quantitative estimate of drug-likeness (QED) is 0.186. The number of halogens is 1. The van der Waals surface area contributed by atoms with Gasteiger partial charge >= 0.3 is 11.9 Å². The molecule has 1 fully saturated rings. The van der Waals surface area contributed by atoms with E-state index >= 15 is 0 Å². The zero-order chi connectivity index (χ0) is 33.0. The average molecular weight is 691 g/mol. The van der Waals surface area contributed by atoms with Gasteiger partial charge in [-0.1, -0.05) is 28.1 Å². The minimum atomic E-state index is -2.13. The Hall–Kier alpha value is -3.85. The smallest absolute Gasteiger partial charge is 0.303 e. The van der Waals surface area contributed by atoms with Gasteiger partial charge in [-0.2, -0.15) is 0 Å². The second kappa shape index (κ2) is 12.2. The van der Waals surface area contributed by atoms with Crippen LogP contribution in [-0.2, 0) is 39.8 Å². The number of alkyl halides is 1. The van der Waals surface area contributed by atoms with Crippen LogP contribution in [0.2, 0.25) is 0 Å². The molecule has 13 nitrogen and oxygen atoms in total. The molecule has 6 unspecified atom stereocenters. The van der Waals surface area contributed by atoms with Gasteiger partial charge in [-0.25, -0.2) is 0 Å². The van der Waals surface area contributed by atoms with E-state index < -0.39 is 101 Å². The number of ether oxygens (including phenoxy) is 5. The predicted octanol–water partition coefficient (Wildman–Crippen LogP) is 2.58. The Morgan fingerprint density at radius 2 is 1.69 bits per heavy atom. The highest BCUT2D eigenvalue weighted by Gasteiger charge is 2.50. The third kappa shape index (κ3) is 5.60. The maximum absolute atomic E-state index is 13.8. The number of carbonyl (C=O) groups is 5. The van der Waals surface area contributed by atoms with Crippen molar-refractivity contribution in [2.24, 2.45) is 0 Å². The fourth-order valence-corrected chi connectivity index (χ4v) is 6.85. The minimum absolute atomic E-state index is 0.0552. The number of phenolic OH excluding ortho intramolecular Hbond substituents is 2. The van der Waals surface area contributed by atoms with Gasteiger partial charge in [0.2, 0.25) is 5.78 Å². The fraction of sp³-hybridized carbons (Fsp3) is 0.452. The summed E-state index contributed by atoms with van der Waals surface area (Å²) in [7, 11) is 1.32. The Balaban J connectivity index is 1.62. The number of rotatable bonds is 7. The van der Waals surface area contributed by atoms with Crippen LogP contribution in [0.4, 0.5) is 0 Å². The molecule has 6 atom stereocenters. The second-order valence-corrected chi connectivity index (χ2v) is 11.8. The molecule has 14 heteroatoms. The molecule has 1 saturated heterocycles. The fourth-order valence-electron chi connectivity index (χ4n) is 6.33. The number of esters is 2. The van der Waals surface area contributed by atoms with Gasteiger partial charge in [0, 0.05) is 49.8 Å². The molecule has 0 bridgehead atoms. The SMILES string of the molecule is COc1cccc2c1C(=O)c1c(O)c3c(c(O)c1C2=O)CC(O)(C(=O)CBr)CC3OC1CC(OC(C)=O)C(OC(C)=O)C(C)O1. The number of phenols is 2. The Labute approximate surface area is 265 Å². The van der Waals surface area contributed by atoms with E-state index in [-0.39, 0.29) is 39.8 Å². The van der Waals surface area contributed by atoms with Crippen LogP contribution >= 0.6 is 15.9 Å². The summed E-state index contributed by atoms with van der Waals surface area (Å²) < 4.78 is 28.2. The van der Waals surface area contributed by atoms with Crippen LogP contribution in [0.5, 0.6) is 17.2 Å². The first-order chi connectivity index (χ1) is 21.2. The maximum Gasteiger partial charge on any atom is 0.303 e. The first kappa shape index (κ1) is 32.5. The largest absolute Gasteiger partial charge is 0.507 e. The van der Waals surface area contributed by atoms with Crippen LogP contribution in [0.25, 0.3) is 0 Å². The van der Waals surface area contributed by atoms with Crippen LogP contribution in [0, 0.1) is 0 Å². The van der Waals surface area contributed by atoms with Crippen molar-refractivity contribution in [2.75, 3.05) is 12.4 Å². The number of carbonyl (C=O) groups excluding carboxylic acids is 5. The third-order valence-electron chi connectivity index (χ3n) is 8.27. The second-order valence-electron chi connectivity index (χ2n) is 11.2. The summed E-state index contributed by atoms with van der Waals surface area (Å²) in [6.45, 7) is 3.93. The molecular weight excluding hydrogens is 660 g/mol. The highest BCUT2D eigenvalue weighted by molar-refractivity contribution is 9.09. The summed E-state index contributed by atoms with van der Waals surface area (Å²) in [6.07, 6.45) is -6.49. The van der Waals surface area contributed by atoms with E-state index in [0.29, 0.717) is 0 Å². The number of hydrogen-bond acceptors (Lipinski definition) is 13. The summed E-state index contributed by atoms with van der Waals surface area (Å²) in [5.74, 6) is -4.78. The number of ketones is 3. The van der Waals surface area contributed by atoms with Gasteiger partial charge in [-0.05, 0) is 13.0 Å². The van der Waals surface area contributed by atoms with Gasteiger partial charge in [-0.3, -0.25) is 24.0 Å². The lowest BCUT2D eigenvalue weighted by Crippen LogP contribution is -2.52. The van der Waals surface area contributed by atoms with Crippen LogP contribution in [0.3, 0.4) is 0 Å². The highest BCUT2D eigenvalue weighted by atomic mass is 79.9. The van der Waals surface area contributed by atoms with Crippen LogP contribution in [0.1, 0.15) is 82.7 Å². The first-order valence-electron chi connectivity index (χ1n) is 14.1. The standard InChI is InChI=1S/C31H31BrO13/c1-12-30(44-14(3)34)18(43-13(2)33)8-21(42-12)45-19-10-31(40,20(35)11-32)9-16-23(19)29(39)25-24(27(16)37)26(36)15-6-5-7-17(41-4)22(15)28(25)38/h5-7,12,18-19,21,30,37,39-40H,8-11H2,1-4H3. The zero-order valence-electron chi connectivity index (χ0n) is 24.7. The van der Waals surface area contributed by atoms with Crippen molar-refractivity contribution in [3.05, 3.63) is 51.6 Å². The van der Waals surface area contributed by atoms with Crippen LogP contribution in [-0.4, -0.2) is 87.3 Å². The molecule has 240 valence electrons. The summed E-state index contributed by atoms with van der Waals surface area (Å²) >= 11 is 3.06. The Morgan fingerprint density at radius 3 is 2.31 bits per heavy atom. The van der Waals surface area contributed by atoms with Crippen molar-refractivity contribution in [2.45, 2.75) is 76.3 Å². The minimum Gasteiger partial charge on any atom is -0.507 e. The molecule has 2 aromatic carbocycles. The average Bonchev–Trinajstić information content (AvgIpc) is 2.97. The lowest BCUT2D eigenvalue weighted by molar-refractivity contribution is -0.272. The van der Waals surface area contributed by atoms with E-state index in [2.05, 4.69) is 15.9 Å². The summed E-state index contributed by atoms with van der Waals surface area (Å²) in [5, 5.41) is 34.4. The Bertz CT molecular complexity index is 1620. The molecule has 0 aromatic heterocycles. The Morgan fingerprint density at radius 1 is 1.02 bits per heavy atom. The monoisotopic (exact) mass is 690 g/mol. The molecule has 2 aliphatic carbocycles. The van der Waals surface area contributed by atoms with E-state index in [1.807, 2.05) is 0 Å². The molecule has 1 aliphatic heterocycles. The van der Waals surface area contributed by atoms with Gasteiger partial charge in [0.1, 0.15) is 29.0 Å². The molecule has 0 saturated carbocycles. The van der Waals surface area contributed by atoms with Gasteiger partial charge in [0.25, 0.3) is 0 Å². The zero-order valence-corrected chi connectivity index (χ0v) is 26.3. The third-order valence-corrected chi connectivity index (χ3v) is 8.78. The van der Waals surface area contributed by atoms with E-state index in [1.165, 1.54) is 39.2 Å². The van der Waals surface area contributed by atoms with Crippen molar-refractivity contribution in [1.29, 1.82) is 0 Å². The number of methoxy groups -OCH3 is 1. The molecule has 3 N–H and O–H groups in total. The molecule has 5 rings (SSSR count). The molecule has 0 radical (unpaired) electrons. The van der Waals surface area contributed by atoms with Crippen LogP contribution in [0.15, 0.2) is 18.2 Å². The number of aromatic hydroxyl groups is 2. The molecular formula is C31H31BrO13. The summed E-state index contributed by atoms with van der Waals surface area (Å²) in [4.78, 5) is 64.0. The highest BCUT2D eigenvalue weighted by Crippen LogP contribution is 2.52. The number of benzene rings is 2. The van der Waals surface area contributed by atoms with Crippen molar-refractivity contribution < 1.29 is 63.0 Å². The Kier molecular flexibility index (Phi) is 8.79. The first-order valence-corrected chi connectivity index (χ1v) is 15.2. The number of fused-ring (bicyclic) bond motifs is 3. The summed E-state index contributed by atoms with van der Waals surface area (Å²) in [5.41, 5.74) is -3.53. The van der Waals surface area contributed by atoms with Crippen molar-refractivity contribution >= 4 is 45.2 Å². The van der Waals surface area contributed by atoms with Gasteiger partial charge in [0.15, 0.2) is 24.0 Å². The topological polar surface area (TPSA) is 192 Å². The van der Waals surface area contributed by atoms with E-state index in [9.17, 15) is 39.3 Å². The van der Waals surface area contributed by atoms with Gasteiger partial charge < -0.3 is 39.0 Å². The molecule has 2 aromatic rings. The van der Waals surface area contributed by atoms with Crippen molar-refractivity contribution in [3.8, 4) is 17.2 Å². The van der Waals surface area contributed by atoms with Gasteiger partial charge in [-0.15, -0.1) is 0 Å². The van der Waals surface area contributed by atoms with E-state index in [0.717, 1.165) is 0 Å². The van der Waals surface area contributed by atoms with Crippen molar-refractivity contribution in [3.63, 3.8) is 0 Å². The molecule has 0 amide bonds. The van der Waals surface area contributed by atoms with Gasteiger partial charge in [0.05, 0.1) is 41.3 Å².